The number of nitrogens with two attached hydrogens (primary N) is 1. The van der Waals surface area contributed by atoms with Gasteiger partial charge in [0, 0.05) is 42.6 Å². The van der Waals surface area contributed by atoms with Crippen LogP contribution in [-0.4, -0.2) is 28.5 Å². The largest absolute Gasteiger partial charge is 0.399 e. The smallest absolute Gasteiger partial charge is 0.139 e. The summed E-state index contributed by atoms with van der Waals surface area (Å²) in [6.07, 6.45) is 1.44. The number of aryl methyl sites for hydroxylation is 1. The van der Waals surface area contributed by atoms with Crippen molar-refractivity contribution in [2.24, 2.45) is 0 Å². The van der Waals surface area contributed by atoms with Crippen molar-refractivity contribution in [3.05, 3.63) is 53.4 Å². The second-order valence-electron chi connectivity index (χ2n) is 6.33. The lowest BCUT2D eigenvalue weighted by Gasteiger charge is -2.16. The Labute approximate surface area is 154 Å². The first-order chi connectivity index (χ1) is 12.4. The molecule has 4 rings (SSSR count). The zero-order valence-electron chi connectivity index (χ0n) is 14.7. The number of anilines is 2. The molecule has 0 saturated carbocycles. The van der Waals surface area contributed by atoms with Gasteiger partial charge in [-0.25, -0.2) is 14.4 Å². The molecule has 0 spiro atoms. The Bertz CT molecular complexity index is 1110. The van der Waals surface area contributed by atoms with Crippen LogP contribution >= 0.6 is 11.3 Å². The van der Waals surface area contributed by atoms with Gasteiger partial charge in [0.15, 0.2) is 0 Å². The van der Waals surface area contributed by atoms with Crippen molar-refractivity contribution >= 4 is 28.4 Å². The quantitative estimate of drug-likeness (QED) is 0.551. The molecule has 3 aromatic heterocycles. The van der Waals surface area contributed by atoms with E-state index in [1.165, 1.54) is 23.6 Å². The highest BCUT2D eigenvalue weighted by molar-refractivity contribution is 7.13. The lowest BCUT2D eigenvalue weighted by Crippen LogP contribution is -2.10. The van der Waals surface area contributed by atoms with Crippen molar-refractivity contribution in [3.63, 3.8) is 0 Å². The Morgan fingerprint density at radius 3 is 2.73 bits per heavy atom. The molecule has 132 valence electrons. The fraction of sp³-hybridized carbons (Fsp3) is 0.158. The van der Waals surface area contributed by atoms with Crippen molar-refractivity contribution < 1.29 is 4.39 Å². The predicted octanol–water partition coefficient (Wildman–Crippen LogP) is 4.22. The molecule has 26 heavy (non-hydrogen) atoms. The summed E-state index contributed by atoms with van der Waals surface area (Å²) in [6, 6.07) is 8.87. The van der Waals surface area contributed by atoms with E-state index in [1.54, 1.807) is 10.5 Å². The van der Waals surface area contributed by atoms with Crippen LogP contribution in [0.3, 0.4) is 0 Å². The Morgan fingerprint density at radius 1 is 1.15 bits per heavy atom. The van der Waals surface area contributed by atoms with Crippen LogP contribution in [0.2, 0.25) is 0 Å². The van der Waals surface area contributed by atoms with E-state index in [4.69, 9.17) is 10.7 Å². The summed E-state index contributed by atoms with van der Waals surface area (Å²) >= 11 is 1.53. The number of fused-ring (bicyclic) bond motifs is 1. The molecule has 0 radical (unpaired) electrons. The first kappa shape index (κ1) is 16.5. The average Bonchev–Trinajstić information content (AvgIpc) is 3.17. The van der Waals surface area contributed by atoms with Gasteiger partial charge in [-0.2, -0.15) is 0 Å². The third-order valence-corrected chi connectivity index (χ3v) is 5.11. The van der Waals surface area contributed by atoms with Gasteiger partial charge in [-0.1, -0.05) is 0 Å². The molecule has 1 aromatic carbocycles. The van der Waals surface area contributed by atoms with E-state index < -0.39 is 0 Å². The van der Waals surface area contributed by atoms with Gasteiger partial charge in [-0.05, 0) is 37.3 Å². The summed E-state index contributed by atoms with van der Waals surface area (Å²) in [4.78, 5) is 11.3. The number of pyridine rings is 1. The Kier molecular flexibility index (Phi) is 3.88. The molecule has 0 aliphatic carbocycles. The Balaban J connectivity index is 1.87. The van der Waals surface area contributed by atoms with E-state index in [2.05, 4.69) is 4.98 Å². The SMILES string of the molecule is Cc1nc2ccc(F)cn2c1-c1csc(-c2cc(N)ccc2N(C)C)n1. The maximum Gasteiger partial charge on any atom is 0.139 e. The monoisotopic (exact) mass is 367 g/mol. The molecule has 0 aliphatic rings. The van der Waals surface area contributed by atoms with E-state index in [9.17, 15) is 4.39 Å². The molecule has 0 bridgehead atoms. The summed E-state index contributed by atoms with van der Waals surface area (Å²) in [5.41, 5.74) is 11.8. The Hall–Kier alpha value is -2.93. The van der Waals surface area contributed by atoms with Crippen molar-refractivity contribution in [2.45, 2.75) is 6.92 Å². The van der Waals surface area contributed by atoms with E-state index in [0.717, 1.165) is 33.3 Å². The average molecular weight is 367 g/mol. The van der Waals surface area contributed by atoms with Crippen LogP contribution in [0.25, 0.3) is 27.6 Å². The molecule has 0 unspecified atom stereocenters. The second kappa shape index (κ2) is 6.10. The molecule has 7 heteroatoms. The lowest BCUT2D eigenvalue weighted by molar-refractivity contribution is 0.619. The normalized spacial score (nSPS) is 11.2. The molecule has 0 aliphatic heterocycles. The second-order valence-corrected chi connectivity index (χ2v) is 7.19. The summed E-state index contributed by atoms with van der Waals surface area (Å²) < 4.78 is 15.5. The lowest BCUT2D eigenvalue weighted by atomic mass is 10.1. The van der Waals surface area contributed by atoms with Gasteiger partial charge in [0.1, 0.15) is 22.2 Å². The van der Waals surface area contributed by atoms with Crippen molar-refractivity contribution in [2.75, 3.05) is 24.7 Å². The van der Waals surface area contributed by atoms with Crippen molar-refractivity contribution in [1.82, 2.24) is 14.4 Å². The van der Waals surface area contributed by atoms with Gasteiger partial charge in [0.25, 0.3) is 0 Å². The molecule has 3 heterocycles. The van der Waals surface area contributed by atoms with Crippen LogP contribution in [-0.2, 0) is 0 Å². The topological polar surface area (TPSA) is 59.5 Å². The first-order valence-corrected chi connectivity index (χ1v) is 8.99. The number of nitrogens with zero attached hydrogens (tertiary/aromatic N) is 4. The zero-order valence-corrected chi connectivity index (χ0v) is 15.5. The number of aromatic nitrogens is 3. The highest BCUT2D eigenvalue weighted by Crippen LogP contribution is 2.36. The highest BCUT2D eigenvalue weighted by atomic mass is 32.1. The number of hydrogen-bond acceptors (Lipinski definition) is 5. The van der Waals surface area contributed by atoms with Gasteiger partial charge in [-0.15, -0.1) is 11.3 Å². The number of halogens is 1. The Morgan fingerprint density at radius 2 is 1.96 bits per heavy atom. The van der Waals surface area contributed by atoms with Crippen LogP contribution < -0.4 is 10.6 Å². The summed E-state index contributed by atoms with van der Waals surface area (Å²) in [6.45, 7) is 1.91. The minimum absolute atomic E-state index is 0.308. The van der Waals surface area contributed by atoms with E-state index >= 15 is 0 Å². The van der Waals surface area contributed by atoms with E-state index in [0.29, 0.717) is 11.3 Å². The van der Waals surface area contributed by atoms with E-state index in [-0.39, 0.29) is 5.82 Å². The molecule has 0 fully saturated rings. The third kappa shape index (κ3) is 2.70. The first-order valence-electron chi connectivity index (χ1n) is 8.11. The minimum atomic E-state index is -0.308. The molecule has 0 atom stereocenters. The van der Waals surface area contributed by atoms with Crippen LogP contribution in [0, 0.1) is 12.7 Å². The van der Waals surface area contributed by atoms with Gasteiger partial charge >= 0.3 is 0 Å². The number of benzene rings is 1. The number of rotatable bonds is 3. The fourth-order valence-electron chi connectivity index (χ4n) is 3.07. The number of imidazole rings is 1. The molecule has 2 N–H and O–H groups in total. The predicted molar refractivity (Wildman–Crippen MR) is 105 cm³/mol. The molecule has 0 amide bonds. The standard InChI is InChI=1S/C19H18FN5S/c1-11-18(25-9-12(20)4-7-17(25)22-11)15-10-26-19(23-15)14-8-13(21)5-6-16(14)24(2)3/h4-10H,21H2,1-3H3. The van der Waals surface area contributed by atoms with Crippen molar-refractivity contribution in [3.8, 4) is 22.0 Å². The summed E-state index contributed by atoms with van der Waals surface area (Å²) in [7, 11) is 3.97. The molecule has 0 saturated heterocycles. The maximum atomic E-state index is 13.7. The number of hydrogen-bond donors (Lipinski definition) is 1. The van der Waals surface area contributed by atoms with Gasteiger partial charge < -0.3 is 10.6 Å². The number of thiazole rings is 1. The zero-order chi connectivity index (χ0) is 18.4. The minimum Gasteiger partial charge on any atom is -0.399 e. The summed E-state index contributed by atoms with van der Waals surface area (Å²) in [5.74, 6) is -0.308. The molecule has 5 nitrogen and oxygen atoms in total. The fourth-order valence-corrected chi connectivity index (χ4v) is 3.90. The third-order valence-electron chi connectivity index (χ3n) is 4.24. The maximum absolute atomic E-state index is 13.7. The van der Waals surface area contributed by atoms with Crippen LogP contribution in [0.5, 0.6) is 0 Å². The molecular weight excluding hydrogens is 349 g/mol. The van der Waals surface area contributed by atoms with E-state index in [1.807, 2.05) is 49.5 Å². The van der Waals surface area contributed by atoms with Gasteiger partial charge in [-0.3, -0.25) is 4.40 Å². The molecular formula is C19H18FN5S. The van der Waals surface area contributed by atoms with Crippen LogP contribution in [0.15, 0.2) is 41.9 Å². The van der Waals surface area contributed by atoms with Crippen LogP contribution in [0.4, 0.5) is 15.8 Å². The van der Waals surface area contributed by atoms with Gasteiger partial charge in [0.2, 0.25) is 0 Å². The van der Waals surface area contributed by atoms with Crippen molar-refractivity contribution in [1.29, 1.82) is 0 Å². The highest BCUT2D eigenvalue weighted by Gasteiger charge is 2.17. The van der Waals surface area contributed by atoms with Gasteiger partial charge in [0.05, 0.1) is 11.4 Å². The van der Waals surface area contributed by atoms with Crippen LogP contribution in [0.1, 0.15) is 5.69 Å². The molecule has 4 aromatic rings. The number of nitrogen functional groups attached to an aromatic ring is 1. The summed E-state index contributed by atoms with van der Waals surface area (Å²) in [5, 5.41) is 2.83.